The first-order valence-corrected chi connectivity index (χ1v) is 12.0. The summed E-state index contributed by atoms with van der Waals surface area (Å²) < 4.78 is 62.3. The Morgan fingerprint density at radius 2 is 1.76 bits per heavy atom. The number of halogens is 3. The lowest BCUT2D eigenvalue weighted by Gasteiger charge is -2.27. The zero-order valence-corrected chi connectivity index (χ0v) is 19.8. The van der Waals surface area contributed by atoms with Crippen LogP contribution in [0.4, 0.5) is 14.5 Å². The van der Waals surface area contributed by atoms with Crippen LogP contribution in [0.1, 0.15) is 23.1 Å². The Bertz CT molecular complexity index is 1230. The van der Waals surface area contributed by atoms with Gasteiger partial charge in [-0.15, -0.1) is 0 Å². The molecular weight excluding hydrogens is 472 g/mol. The van der Waals surface area contributed by atoms with E-state index in [2.05, 4.69) is 0 Å². The van der Waals surface area contributed by atoms with Crippen molar-refractivity contribution in [1.82, 2.24) is 0 Å². The van der Waals surface area contributed by atoms with Crippen molar-refractivity contribution in [2.45, 2.75) is 24.7 Å². The fraction of sp³-hybridized carbons (Fsp3) is 0.250. The first kappa shape index (κ1) is 25.0. The highest BCUT2D eigenvalue weighted by atomic mass is 35.5. The number of benzene rings is 3. The fourth-order valence-corrected chi connectivity index (χ4v) is 5.38. The van der Waals surface area contributed by atoms with Crippen molar-refractivity contribution in [3.63, 3.8) is 0 Å². The Labute approximate surface area is 197 Å². The summed E-state index contributed by atoms with van der Waals surface area (Å²) in [6.45, 7) is 1.45. The van der Waals surface area contributed by atoms with Crippen molar-refractivity contribution in [2.75, 3.05) is 24.6 Å². The van der Waals surface area contributed by atoms with E-state index in [9.17, 15) is 22.3 Å². The number of rotatable bonds is 9. The van der Waals surface area contributed by atoms with Crippen LogP contribution in [0, 0.1) is 18.6 Å². The number of hydrogen-bond acceptors (Lipinski definition) is 4. The number of anilines is 1. The average Bonchev–Trinajstić information content (AvgIpc) is 2.77. The highest BCUT2D eigenvalue weighted by Crippen LogP contribution is 2.33. The Morgan fingerprint density at radius 1 is 1.06 bits per heavy atom. The molecule has 0 heterocycles. The second-order valence-electron chi connectivity index (χ2n) is 7.44. The van der Waals surface area contributed by atoms with Crippen molar-refractivity contribution < 1.29 is 27.0 Å². The number of aryl methyl sites for hydroxylation is 1. The zero-order chi connectivity index (χ0) is 24.2. The molecule has 3 aromatic carbocycles. The summed E-state index contributed by atoms with van der Waals surface area (Å²) in [7, 11) is -2.59. The van der Waals surface area contributed by atoms with Crippen molar-refractivity contribution in [3.8, 4) is 5.75 Å². The van der Waals surface area contributed by atoms with E-state index in [4.69, 9.17) is 16.3 Å². The number of aliphatic hydroxyl groups excluding tert-OH is 1. The predicted molar refractivity (Wildman–Crippen MR) is 125 cm³/mol. The van der Waals surface area contributed by atoms with E-state index >= 15 is 0 Å². The van der Waals surface area contributed by atoms with Gasteiger partial charge in [0, 0.05) is 30.2 Å². The van der Waals surface area contributed by atoms with Crippen LogP contribution >= 0.6 is 11.6 Å². The van der Waals surface area contributed by atoms with Gasteiger partial charge < -0.3 is 9.84 Å². The minimum atomic E-state index is -4.09. The number of ether oxygens (including phenoxy) is 1. The molecule has 0 bridgehead atoms. The topological polar surface area (TPSA) is 66.8 Å². The molecule has 3 aromatic rings. The molecule has 0 aliphatic heterocycles. The second kappa shape index (κ2) is 10.5. The maximum atomic E-state index is 14.3. The maximum Gasteiger partial charge on any atom is 0.264 e. The van der Waals surface area contributed by atoms with Crippen LogP contribution in [0.25, 0.3) is 0 Å². The van der Waals surface area contributed by atoms with Gasteiger partial charge in [-0.3, -0.25) is 4.31 Å². The molecule has 176 valence electrons. The summed E-state index contributed by atoms with van der Waals surface area (Å²) in [6.07, 6.45) is -0.0499. The largest absolute Gasteiger partial charge is 0.496 e. The number of sulfonamides is 1. The monoisotopic (exact) mass is 495 g/mol. The molecule has 0 unspecified atom stereocenters. The molecule has 0 fully saturated rings. The molecule has 0 aromatic heterocycles. The van der Waals surface area contributed by atoms with Gasteiger partial charge in [-0.2, -0.15) is 0 Å². The van der Waals surface area contributed by atoms with Gasteiger partial charge in [-0.1, -0.05) is 17.7 Å². The van der Waals surface area contributed by atoms with Crippen LogP contribution in [-0.4, -0.2) is 33.8 Å². The maximum absolute atomic E-state index is 14.3. The number of hydrogen-bond donors (Lipinski definition) is 1. The van der Waals surface area contributed by atoms with Crippen molar-refractivity contribution >= 4 is 27.3 Å². The fourth-order valence-electron chi connectivity index (χ4n) is 3.55. The lowest BCUT2D eigenvalue weighted by molar-refractivity contribution is 0.291. The minimum absolute atomic E-state index is 0.0247. The quantitative estimate of drug-likeness (QED) is 0.448. The van der Waals surface area contributed by atoms with Crippen LogP contribution in [0.5, 0.6) is 5.75 Å². The van der Waals surface area contributed by atoms with Gasteiger partial charge in [-0.05, 0) is 73.0 Å². The standard InChI is InChI=1S/C24H24ClF2NO4S/c1-16-13-19(8-10-24(16)32-2)33(30,31)28(11-4-12-29)23-9-7-18(25)14-17(23)15-20-21(26)5-3-6-22(20)27/h3,5-10,13-14,29H,4,11-12,15H2,1-2H3. The third-order valence-electron chi connectivity index (χ3n) is 5.21. The lowest BCUT2D eigenvalue weighted by atomic mass is 10.0. The third kappa shape index (κ3) is 5.46. The van der Waals surface area contributed by atoms with Gasteiger partial charge in [0.15, 0.2) is 0 Å². The number of aliphatic hydroxyl groups is 1. The molecule has 0 amide bonds. The Balaban J connectivity index is 2.14. The highest BCUT2D eigenvalue weighted by Gasteiger charge is 2.28. The van der Waals surface area contributed by atoms with E-state index in [0.717, 1.165) is 16.4 Å². The number of nitrogens with zero attached hydrogens (tertiary/aromatic N) is 1. The smallest absolute Gasteiger partial charge is 0.264 e. The zero-order valence-electron chi connectivity index (χ0n) is 18.2. The molecule has 1 N–H and O–H groups in total. The average molecular weight is 496 g/mol. The van der Waals surface area contributed by atoms with Crippen LogP contribution in [-0.2, 0) is 16.4 Å². The molecule has 0 saturated heterocycles. The van der Waals surface area contributed by atoms with Crippen LogP contribution < -0.4 is 9.04 Å². The van der Waals surface area contributed by atoms with E-state index in [1.165, 1.54) is 43.5 Å². The van der Waals surface area contributed by atoms with Crippen LogP contribution in [0.2, 0.25) is 5.02 Å². The Kier molecular flexibility index (Phi) is 7.94. The molecule has 0 radical (unpaired) electrons. The van der Waals surface area contributed by atoms with Crippen molar-refractivity contribution in [3.05, 3.63) is 87.9 Å². The van der Waals surface area contributed by atoms with Gasteiger partial charge in [-0.25, -0.2) is 17.2 Å². The molecule has 0 aliphatic rings. The molecule has 0 spiro atoms. The molecule has 5 nitrogen and oxygen atoms in total. The van der Waals surface area contributed by atoms with Gasteiger partial charge in [0.2, 0.25) is 0 Å². The summed E-state index contributed by atoms with van der Waals surface area (Å²) in [6, 6.07) is 12.5. The molecular formula is C24H24ClF2NO4S. The molecule has 0 aliphatic carbocycles. The first-order valence-electron chi connectivity index (χ1n) is 10.2. The minimum Gasteiger partial charge on any atom is -0.496 e. The molecule has 0 atom stereocenters. The summed E-state index contributed by atoms with van der Waals surface area (Å²) in [5.74, 6) is -0.939. The van der Waals surface area contributed by atoms with Gasteiger partial charge in [0.1, 0.15) is 17.4 Å². The summed E-state index contributed by atoms with van der Waals surface area (Å²) >= 11 is 6.15. The van der Waals surface area contributed by atoms with E-state index in [-0.39, 0.29) is 42.1 Å². The van der Waals surface area contributed by atoms with E-state index in [0.29, 0.717) is 21.9 Å². The SMILES string of the molecule is COc1ccc(S(=O)(=O)N(CCCO)c2ccc(Cl)cc2Cc2c(F)cccc2F)cc1C. The van der Waals surface area contributed by atoms with E-state index < -0.39 is 21.7 Å². The summed E-state index contributed by atoms with van der Waals surface area (Å²) in [5.41, 5.74) is 0.994. The second-order valence-corrected chi connectivity index (χ2v) is 9.73. The summed E-state index contributed by atoms with van der Waals surface area (Å²) in [4.78, 5) is 0.0247. The number of methoxy groups -OCH3 is 1. The Morgan fingerprint density at radius 3 is 2.36 bits per heavy atom. The lowest BCUT2D eigenvalue weighted by Crippen LogP contribution is -2.33. The van der Waals surface area contributed by atoms with Crippen molar-refractivity contribution in [1.29, 1.82) is 0 Å². The first-order chi connectivity index (χ1) is 15.7. The summed E-state index contributed by atoms with van der Waals surface area (Å²) in [5, 5.41) is 9.67. The van der Waals surface area contributed by atoms with Crippen LogP contribution in [0.3, 0.4) is 0 Å². The molecule has 9 heteroatoms. The van der Waals surface area contributed by atoms with Gasteiger partial charge >= 0.3 is 0 Å². The van der Waals surface area contributed by atoms with Crippen molar-refractivity contribution in [2.24, 2.45) is 0 Å². The normalized spacial score (nSPS) is 11.5. The van der Waals surface area contributed by atoms with Gasteiger partial charge in [0.05, 0.1) is 17.7 Å². The third-order valence-corrected chi connectivity index (χ3v) is 7.26. The van der Waals surface area contributed by atoms with Crippen LogP contribution in [0.15, 0.2) is 59.5 Å². The van der Waals surface area contributed by atoms with E-state index in [1.807, 2.05) is 0 Å². The molecule has 33 heavy (non-hydrogen) atoms. The van der Waals surface area contributed by atoms with E-state index in [1.54, 1.807) is 13.0 Å². The molecule has 3 rings (SSSR count). The van der Waals surface area contributed by atoms with Gasteiger partial charge in [0.25, 0.3) is 10.0 Å². The Hall–Kier alpha value is -2.68. The predicted octanol–water partition coefficient (Wildman–Crippen LogP) is 5.10. The molecule has 0 saturated carbocycles. The highest BCUT2D eigenvalue weighted by molar-refractivity contribution is 7.92.